The Morgan fingerprint density at radius 3 is 2.73 bits per heavy atom. The molecule has 7 nitrogen and oxygen atoms in total. The van der Waals surface area contributed by atoms with Gasteiger partial charge in [0.15, 0.2) is 0 Å². The molecule has 0 aromatic heterocycles. The number of fused-ring (bicyclic) bond motifs is 1. The third kappa shape index (κ3) is 3.08. The molecule has 0 radical (unpaired) electrons. The standard InChI is InChI=1S/C20H23BrClN3O4S/c1-9(8-26)25-16(18(28)24-12-6-4-3-5-11(12)22)20-7-10(21)15(30-20)13(17(27)23-2)14(20)19(25)29/h3-6,9-10,13-16,26H,7-8H2,1-2H3,(H,23,27)(H,24,28)/t9-,10?,13+,14+,15+,16?,20?/m1/s1. The first kappa shape index (κ1) is 21.9. The Labute approximate surface area is 192 Å². The van der Waals surface area contributed by atoms with Crippen molar-refractivity contribution >= 4 is 62.7 Å². The second-order valence-corrected chi connectivity index (χ2v) is 11.1. The van der Waals surface area contributed by atoms with Gasteiger partial charge in [0.05, 0.1) is 39.9 Å². The van der Waals surface area contributed by atoms with Crippen molar-refractivity contribution in [1.29, 1.82) is 0 Å². The Bertz CT molecular complexity index is 905. The van der Waals surface area contributed by atoms with Crippen molar-refractivity contribution in [3.63, 3.8) is 0 Å². The number of aliphatic hydroxyl groups excluding tert-OH is 1. The van der Waals surface area contributed by atoms with E-state index in [9.17, 15) is 19.5 Å². The summed E-state index contributed by atoms with van der Waals surface area (Å²) in [4.78, 5) is 41.3. The number of aliphatic hydroxyl groups is 1. The number of carbonyl (C=O) groups excluding carboxylic acids is 3. The van der Waals surface area contributed by atoms with Crippen LogP contribution in [0.15, 0.2) is 24.3 Å². The SMILES string of the molecule is CNC(=O)[C@H]1[C@H]2C(=O)N([C@H](C)CO)C(C(=O)Nc3ccccc3Cl)C23CC(Br)[C@@H]1S3. The Morgan fingerprint density at radius 2 is 2.10 bits per heavy atom. The summed E-state index contributed by atoms with van der Waals surface area (Å²) in [5.74, 6) is -1.95. The van der Waals surface area contributed by atoms with Crippen LogP contribution in [0.1, 0.15) is 13.3 Å². The number of rotatable bonds is 5. The van der Waals surface area contributed by atoms with E-state index < -0.39 is 28.7 Å². The summed E-state index contributed by atoms with van der Waals surface area (Å²) < 4.78 is -0.748. The van der Waals surface area contributed by atoms with Gasteiger partial charge in [0, 0.05) is 17.1 Å². The molecule has 1 aromatic rings. The van der Waals surface area contributed by atoms with Gasteiger partial charge in [-0.25, -0.2) is 0 Å². The fraction of sp³-hybridized carbons (Fsp3) is 0.550. The van der Waals surface area contributed by atoms with Gasteiger partial charge in [0.2, 0.25) is 17.7 Å². The zero-order valence-electron chi connectivity index (χ0n) is 16.5. The first-order valence-electron chi connectivity index (χ1n) is 9.78. The Hall–Kier alpha value is -1.29. The fourth-order valence-electron chi connectivity index (χ4n) is 5.16. The number of thioether (sulfide) groups is 1. The number of carbonyl (C=O) groups is 3. The summed E-state index contributed by atoms with van der Waals surface area (Å²) in [6, 6.07) is 5.53. The van der Waals surface area contributed by atoms with Crippen LogP contribution >= 0.6 is 39.3 Å². The minimum Gasteiger partial charge on any atom is -0.394 e. The highest BCUT2D eigenvalue weighted by molar-refractivity contribution is 9.09. The van der Waals surface area contributed by atoms with Crippen LogP contribution in [0.4, 0.5) is 5.69 Å². The Morgan fingerprint density at radius 1 is 1.40 bits per heavy atom. The number of para-hydroxylation sites is 1. The highest BCUT2D eigenvalue weighted by Gasteiger charge is 2.75. The van der Waals surface area contributed by atoms with Crippen LogP contribution < -0.4 is 10.6 Å². The average molecular weight is 517 g/mol. The highest BCUT2D eigenvalue weighted by Crippen LogP contribution is 2.67. The molecule has 3 unspecified atom stereocenters. The Balaban J connectivity index is 1.77. The molecule has 0 saturated carbocycles. The van der Waals surface area contributed by atoms with E-state index in [0.717, 1.165) is 0 Å². The molecule has 3 aliphatic heterocycles. The molecule has 3 amide bonds. The number of likely N-dealkylation sites (tertiary alicyclic amines) is 1. The number of nitrogens with one attached hydrogen (secondary N) is 2. The van der Waals surface area contributed by atoms with Crippen LogP contribution in [0.2, 0.25) is 5.02 Å². The van der Waals surface area contributed by atoms with E-state index in [1.807, 2.05) is 0 Å². The number of halogens is 2. The van der Waals surface area contributed by atoms with E-state index in [0.29, 0.717) is 17.1 Å². The molecule has 3 N–H and O–H groups in total. The van der Waals surface area contributed by atoms with Crippen LogP contribution in [0.3, 0.4) is 0 Å². The summed E-state index contributed by atoms with van der Waals surface area (Å²) in [5.41, 5.74) is 0.462. The molecular weight excluding hydrogens is 494 g/mol. The van der Waals surface area contributed by atoms with Crippen molar-refractivity contribution in [2.45, 2.75) is 40.3 Å². The molecule has 1 aromatic carbocycles. The smallest absolute Gasteiger partial charge is 0.248 e. The molecule has 10 heteroatoms. The molecule has 162 valence electrons. The van der Waals surface area contributed by atoms with Gasteiger partial charge in [-0.05, 0) is 25.5 Å². The molecule has 4 rings (SSSR count). The van der Waals surface area contributed by atoms with E-state index in [2.05, 4.69) is 26.6 Å². The maximum absolute atomic E-state index is 13.5. The van der Waals surface area contributed by atoms with Gasteiger partial charge in [-0.3, -0.25) is 14.4 Å². The lowest BCUT2D eigenvalue weighted by molar-refractivity contribution is -0.141. The number of hydrogen-bond donors (Lipinski definition) is 3. The highest BCUT2D eigenvalue weighted by atomic mass is 79.9. The van der Waals surface area contributed by atoms with E-state index >= 15 is 0 Å². The van der Waals surface area contributed by atoms with Gasteiger partial charge in [0.1, 0.15) is 6.04 Å². The van der Waals surface area contributed by atoms with Crippen molar-refractivity contribution in [3.05, 3.63) is 29.3 Å². The number of alkyl halides is 1. The van der Waals surface area contributed by atoms with Crippen LogP contribution in [0.25, 0.3) is 0 Å². The van der Waals surface area contributed by atoms with Gasteiger partial charge in [-0.1, -0.05) is 39.7 Å². The Kier molecular flexibility index (Phi) is 5.85. The molecule has 3 heterocycles. The van der Waals surface area contributed by atoms with Crippen LogP contribution in [-0.4, -0.2) is 68.3 Å². The zero-order chi connectivity index (χ0) is 21.8. The lowest BCUT2D eigenvalue weighted by Crippen LogP contribution is -2.54. The molecule has 3 saturated heterocycles. The average Bonchev–Trinajstić information content (AvgIpc) is 3.32. The van der Waals surface area contributed by atoms with E-state index in [1.165, 1.54) is 4.90 Å². The lowest BCUT2D eigenvalue weighted by atomic mass is 9.70. The second-order valence-electron chi connectivity index (χ2n) is 8.02. The number of benzene rings is 1. The number of amides is 3. The summed E-state index contributed by atoms with van der Waals surface area (Å²) in [5, 5.41) is 15.7. The minimum absolute atomic E-state index is 0.00819. The van der Waals surface area contributed by atoms with Gasteiger partial charge in [-0.15, -0.1) is 11.8 Å². The van der Waals surface area contributed by atoms with Crippen LogP contribution in [0.5, 0.6) is 0 Å². The molecular formula is C20H23BrClN3O4S. The van der Waals surface area contributed by atoms with Crippen LogP contribution in [0, 0.1) is 11.8 Å². The van der Waals surface area contributed by atoms with Crippen molar-refractivity contribution in [3.8, 4) is 0 Å². The van der Waals surface area contributed by atoms with Gasteiger partial charge in [-0.2, -0.15) is 0 Å². The largest absolute Gasteiger partial charge is 0.394 e. The minimum atomic E-state index is -0.821. The molecule has 0 aliphatic carbocycles. The predicted octanol–water partition coefficient (Wildman–Crippen LogP) is 1.87. The van der Waals surface area contributed by atoms with Gasteiger partial charge < -0.3 is 20.6 Å². The summed E-state index contributed by atoms with van der Waals surface area (Å²) in [7, 11) is 1.56. The van der Waals surface area contributed by atoms with E-state index in [4.69, 9.17) is 11.6 Å². The monoisotopic (exact) mass is 515 g/mol. The van der Waals surface area contributed by atoms with Crippen molar-refractivity contribution in [1.82, 2.24) is 10.2 Å². The first-order valence-corrected chi connectivity index (χ1v) is 12.0. The van der Waals surface area contributed by atoms with Crippen molar-refractivity contribution in [2.24, 2.45) is 11.8 Å². The quantitative estimate of drug-likeness (QED) is 0.519. The topological polar surface area (TPSA) is 98.7 Å². The van der Waals surface area contributed by atoms with E-state index in [-0.39, 0.29) is 34.4 Å². The molecule has 30 heavy (non-hydrogen) atoms. The number of hydrogen-bond acceptors (Lipinski definition) is 5. The maximum Gasteiger partial charge on any atom is 0.248 e. The van der Waals surface area contributed by atoms with Crippen LogP contribution in [-0.2, 0) is 14.4 Å². The molecule has 3 aliphatic rings. The van der Waals surface area contributed by atoms with Crippen molar-refractivity contribution in [2.75, 3.05) is 19.0 Å². The summed E-state index contributed by atoms with van der Waals surface area (Å²) >= 11 is 11.5. The number of nitrogens with zero attached hydrogens (tertiary/aromatic N) is 1. The first-order chi connectivity index (χ1) is 14.3. The third-order valence-corrected chi connectivity index (χ3v) is 9.94. The fourth-order valence-corrected chi connectivity index (χ4v) is 8.94. The molecule has 7 atom stereocenters. The van der Waals surface area contributed by atoms with Gasteiger partial charge in [0.25, 0.3) is 0 Å². The lowest BCUT2D eigenvalue weighted by Gasteiger charge is -2.36. The van der Waals surface area contributed by atoms with E-state index in [1.54, 1.807) is 50.0 Å². The maximum atomic E-state index is 13.5. The van der Waals surface area contributed by atoms with Crippen molar-refractivity contribution < 1.29 is 19.5 Å². The van der Waals surface area contributed by atoms with Gasteiger partial charge >= 0.3 is 0 Å². The molecule has 2 bridgehead atoms. The third-order valence-electron chi connectivity index (χ3n) is 6.40. The normalized spacial score (nSPS) is 35.3. The predicted molar refractivity (Wildman–Crippen MR) is 120 cm³/mol. The summed E-state index contributed by atoms with van der Waals surface area (Å²) in [6.07, 6.45) is 0.585. The molecule has 1 spiro atoms. The zero-order valence-corrected chi connectivity index (χ0v) is 19.6. The molecule has 3 fully saturated rings. The number of anilines is 1. The summed E-state index contributed by atoms with van der Waals surface area (Å²) in [6.45, 7) is 1.43. The second kappa shape index (κ2) is 8.00.